The molecule has 0 aromatic heterocycles. The quantitative estimate of drug-likeness (QED) is 0.562. The summed E-state index contributed by atoms with van der Waals surface area (Å²) in [5, 5.41) is 18.4. The van der Waals surface area contributed by atoms with Gasteiger partial charge in [-0.3, -0.25) is 4.79 Å². The molecule has 3 nitrogen and oxygen atoms in total. The zero-order valence-electron chi connectivity index (χ0n) is 6.03. The number of aliphatic hydroxyl groups is 1. The average molecular weight is 154 g/mol. The molecular weight excluding hydrogens is 144 g/mol. The summed E-state index contributed by atoms with van der Waals surface area (Å²) >= 11 is 0. The predicted molar refractivity (Wildman–Crippen MR) is 35.8 cm³/mol. The van der Waals surface area contributed by atoms with Gasteiger partial charge in [-0.1, -0.05) is 0 Å². The maximum absolute atomic E-state index is 10.8. The third-order valence-electron chi connectivity index (χ3n) is 3.99. The van der Waals surface area contributed by atoms with E-state index in [2.05, 4.69) is 0 Å². The number of hydrogen-bond acceptors (Lipinski definition) is 2. The van der Waals surface area contributed by atoms with E-state index in [1.165, 1.54) is 0 Å². The minimum Gasteiger partial charge on any atom is -0.481 e. The lowest BCUT2D eigenvalue weighted by Crippen LogP contribution is -2.15. The molecule has 0 saturated heterocycles. The summed E-state index contributed by atoms with van der Waals surface area (Å²) in [6.07, 6.45) is 1.40. The van der Waals surface area contributed by atoms with Gasteiger partial charge in [0.1, 0.15) is 0 Å². The molecule has 0 heterocycles. The van der Waals surface area contributed by atoms with E-state index in [4.69, 9.17) is 5.11 Å². The van der Waals surface area contributed by atoms with E-state index in [1.807, 2.05) is 0 Å². The monoisotopic (exact) mass is 154 g/mol. The Kier molecular flexibility index (Phi) is 0.727. The van der Waals surface area contributed by atoms with Gasteiger partial charge in [-0.05, 0) is 24.7 Å². The molecule has 4 rings (SSSR count). The molecular formula is C8H10O3. The van der Waals surface area contributed by atoms with Crippen molar-refractivity contribution in [3.8, 4) is 0 Å². The summed E-state index contributed by atoms with van der Waals surface area (Å²) in [6.45, 7) is 0. The molecule has 4 aliphatic carbocycles. The van der Waals surface area contributed by atoms with Crippen LogP contribution in [0.25, 0.3) is 0 Å². The molecule has 3 heteroatoms. The lowest BCUT2D eigenvalue weighted by Gasteiger charge is -2.03. The second kappa shape index (κ2) is 1.33. The van der Waals surface area contributed by atoms with E-state index in [0.29, 0.717) is 11.8 Å². The van der Waals surface area contributed by atoms with Crippen LogP contribution in [-0.2, 0) is 4.79 Å². The first-order chi connectivity index (χ1) is 5.18. The molecule has 0 aromatic carbocycles. The summed E-state index contributed by atoms with van der Waals surface area (Å²) in [7, 11) is 0. The number of carbonyl (C=O) groups is 1. The van der Waals surface area contributed by atoms with Gasteiger partial charge in [-0.15, -0.1) is 0 Å². The van der Waals surface area contributed by atoms with E-state index >= 15 is 0 Å². The van der Waals surface area contributed by atoms with Crippen molar-refractivity contribution in [2.45, 2.75) is 18.9 Å². The van der Waals surface area contributed by atoms with Gasteiger partial charge < -0.3 is 10.2 Å². The zero-order valence-corrected chi connectivity index (χ0v) is 6.03. The Morgan fingerprint density at radius 2 is 2.27 bits per heavy atom. The molecule has 4 fully saturated rings. The molecule has 0 aliphatic heterocycles. The van der Waals surface area contributed by atoms with Crippen LogP contribution in [0, 0.1) is 23.2 Å². The third-order valence-corrected chi connectivity index (χ3v) is 3.99. The SMILES string of the molecule is O=C(O)[C@@]12CC3CC1C2[C@@H]3O. The molecule has 0 spiro atoms. The van der Waals surface area contributed by atoms with Crippen molar-refractivity contribution in [3.05, 3.63) is 0 Å². The number of rotatable bonds is 1. The standard InChI is InChI=1S/C8H10O3/c9-6-3-1-4-5(6)8(4,2-3)7(10)11/h3-6,9H,1-2H2,(H,10,11)/t3?,4?,5?,6-,8+/m1/s1. The van der Waals surface area contributed by atoms with E-state index < -0.39 is 11.4 Å². The Balaban J connectivity index is 2.04. The first-order valence-corrected chi connectivity index (χ1v) is 4.09. The lowest BCUT2D eigenvalue weighted by molar-refractivity contribution is -0.144. The highest BCUT2D eigenvalue weighted by atomic mass is 16.4. The Morgan fingerprint density at radius 1 is 1.55 bits per heavy atom. The van der Waals surface area contributed by atoms with Crippen molar-refractivity contribution in [3.63, 3.8) is 0 Å². The minimum atomic E-state index is -0.674. The van der Waals surface area contributed by atoms with Gasteiger partial charge in [0.2, 0.25) is 0 Å². The third kappa shape index (κ3) is 0.392. The van der Waals surface area contributed by atoms with E-state index in [0.717, 1.165) is 12.8 Å². The van der Waals surface area contributed by atoms with Crippen molar-refractivity contribution < 1.29 is 15.0 Å². The lowest BCUT2D eigenvalue weighted by atomic mass is 10.1. The van der Waals surface area contributed by atoms with Gasteiger partial charge in [0.15, 0.2) is 0 Å². The second-order valence-corrected chi connectivity index (χ2v) is 4.17. The average Bonchev–Trinajstić information content (AvgIpc) is 2.32. The Hall–Kier alpha value is -0.570. The molecule has 4 aliphatic rings. The van der Waals surface area contributed by atoms with Crippen LogP contribution in [0.5, 0.6) is 0 Å². The fourth-order valence-corrected chi connectivity index (χ4v) is 3.52. The maximum Gasteiger partial charge on any atom is 0.310 e. The van der Waals surface area contributed by atoms with Crippen LogP contribution in [0.3, 0.4) is 0 Å². The molecule has 11 heavy (non-hydrogen) atoms. The Labute approximate surface area is 64.0 Å². The van der Waals surface area contributed by atoms with Gasteiger partial charge in [-0.25, -0.2) is 0 Å². The van der Waals surface area contributed by atoms with Gasteiger partial charge in [-0.2, -0.15) is 0 Å². The van der Waals surface area contributed by atoms with Gasteiger partial charge in [0.25, 0.3) is 0 Å². The zero-order chi connectivity index (χ0) is 7.80. The van der Waals surface area contributed by atoms with Crippen molar-refractivity contribution in [2.24, 2.45) is 23.2 Å². The largest absolute Gasteiger partial charge is 0.481 e. The molecule has 60 valence electrons. The van der Waals surface area contributed by atoms with Crippen LogP contribution >= 0.6 is 0 Å². The van der Waals surface area contributed by atoms with Crippen LogP contribution in [-0.4, -0.2) is 22.3 Å². The number of hydrogen-bond donors (Lipinski definition) is 2. The Morgan fingerprint density at radius 3 is 2.45 bits per heavy atom. The number of carboxylic acids is 1. The molecule has 5 atom stereocenters. The summed E-state index contributed by atoms with van der Waals surface area (Å²) < 4.78 is 0. The van der Waals surface area contributed by atoms with E-state index in [9.17, 15) is 9.90 Å². The second-order valence-electron chi connectivity index (χ2n) is 4.17. The molecule has 4 bridgehead atoms. The topological polar surface area (TPSA) is 57.5 Å². The number of aliphatic carboxylic acids is 1. The summed E-state index contributed by atoms with van der Waals surface area (Å²) in [6, 6.07) is 0. The fraction of sp³-hybridized carbons (Fsp3) is 0.875. The van der Waals surface area contributed by atoms with E-state index in [1.54, 1.807) is 0 Å². The van der Waals surface area contributed by atoms with Crippen molar-refractivity contribution in [1.82, 2.24) is 0 Å². The van der Waals surface area contributed by atoms with Crippen LogP contribution in [0.4, 0.5) is 0 Å². The first-order valence-electron chi connectivity index (χ1n) is 4.09. The maximum atomic E-state index is 10.8. The Bertz CT molecular complexity index is 250. The summed E-state index contributed by atoms with van der Waals surface area (Å²) in [4.78, 5) is 10.8. The fourth-order valence-electron chi connectivity index (χ4n) is 3.52. The number of carboxylic acid groups (broad SMARTS) is 1. The number of aliphatic hydroxyl groups excluding tert-OH is 1. The molecule has 4 saturated carbocycles. The summed E-state index contributed by atoms with van der Waals surface area (Å²) in [5.41, 5.74) is -0.468. The predicted octanol–water partition coefficient (Wildman–Crippen LogP) is 0.0879. The van der Waals surface area contributed by atoms with E-state index in [-0.39, 0.29) is 12.0 Å². The highest BCUT2D eigenvalue weighted by molar-refractivity contribution is 5.81. The molecule has 0 radical (unpaired) electrons. The van der Waals surface area contributed by atoms with Crippen LogP contribution in [0.2, 0.25) is 0 Å². The van der Waals surface area contributed by atoms with Crippen molar-refractivity contribution in [1.29, 1.82) is 0 Å². The van der Waals surface area contributed by atoms with Gasteiger partial charge >= 0.3 is 5.97 Å². The van der Waals surface area contributed by atoms with Crippen LogP contribution < -0.4 is 0 Å². The van der Waals surface area contributed by atoms with Crippen LogP contribution in [0.1, 0.15) is 12.8 Å². The smallest absolute Gasteiger partial charge is 0.310 e. The van der Waals surface area contributed by atoms with Crippen molar-refractivity contribution >= 4 is 5.97 Å². The normalized spacial score (nSPS) is 63.4. The van der Waals surface area contributed by atoms with Gasteiger partial charge in [0.05, 0.1) is 11.5 Å². The first kappa shape index (κ1) is 6.00. The van der Waals surface area contributed by atoms with Crippen molar-refractivity contribution in [2.75, 3.05) is 0 Å². The molecule has 3 unspecified atom stereocenters. The molecule has 2 N–H and O–H groups in total. The molecule has 0 aromatic rings. The minimum absolute atomic E-state index is 0.116. The van der Waals surface area contributed by atoms with Gasteiger partial charge in [0, 0.05) is 5.92 Å². The highest BCUT2D eigenvalue weighted by Gasteiger charge is 2.82. The van der Waals surface area contributed by atoms with Crippen LogP contribution in [0.15, 0.2) is 0 Å². The highest BCUT2D eigenvalue weighted by Crippen LogP contribution is 2.78. The molecule has 0 amide bonds. The summed E-state index contributed by atoms with van der Waals surface area (Å²) in [5.74, 6) is 0.0673.